The molecule has 4 nitrogen and oxygen atoms in total. The average molecular weight is 388 g/mol. The van der Waals surface area contributed by atoms with Crippen LogP contribution in [0.3, 0.4) is 0 Å². The molecular formula is C26H20N4. The van der Waals surface area contributed by atoms with Gasteiger partial charge < -0.3 is 11.5 Å². The highest BCUT2D eigenvalue weighted by Gasteiger charge is 2.33. The fraction of sp³-hybridized carbons (Fsp3) is 0.0769. The Morgan fingerprint density at radius 2 is 1.27 bits per heavy atom. The smallest absolute Gasteiger partial charge is 0.0808 e. The number of hydrogen-bond acceptors (Lipinski definition) is 4. The number of anilines is 2. The van der Waals surface area contributed by atoms with E-state index < -0.39 is 0 Å². The summed E-state index contributed by atoms with van der Waals surface area (Å²) in [5.41, 5.74) is 21.8. The number of nitrogen functional groups attached to an aromatic ring is 2. The lowest BCUT2D eigenvalue weighted by atomic mass is 9.77. The number of para-hydroxylation sites is 2. The summed E-state index contributed by atoms with van der Waals surface area (Å²) < 4.78 is 0. The minimum absolute atomic E-state index is 0.0823. The predicted molar refractivity (Wildman–Crippen MR) is 123 cm³/mol. The Morgan fingerprint density at radius 1 is 0.667 bits per heavy atom. The lowest BCUT2D eigenvalue weighted by Crippen LogP contribution is -2.19. The van der Waals surface area contributed by atoms with Gasteiger partial charge in [0.1, 0.15) is 0 Å². The maximum Gasteiger partial charge on any atom is 0.0808 e. The summed E-state index contributed by atoms with van der Waals surface area (Å²) in [6.07, 6.45) is 0.742. The van der Waals surface area contributed by atoms with Gasteiger partial charge in [0.15, 0.2) is 0 Å². The topological polar surface area (TPSA) is 77.8 Å². The number of pyridine rings is 2. The fourth-order valence-electron chi connectivity index (χ4n) is 4.76. The van der Waals surface area contributed by atoms with Crippen molar-refractivity contribution in [3.05, 3.63) is 95.7 Å². The molecule has 0 saturated heterocycles. The van der Waals surface area contributed by atoms with Crippen molar-refractivity contribution in [3.8, 4) is 11.3 Å². The summed E-state index contributed by atoms with van der Waals surface area (Å²) in [5.74, 6) is 0.0823. The van der Waals surface area contributed by atoms with Crippen LogP contribution in [0, 0.1) is 0 Å². The summed E-state index contributed by atoms with van der Waals surface area (Å²) >= 11 is 0. The van der Waals surface area contributed by atoms with E-state index in [1.165, 1.54) is 5.56 Å². The zero-order valence-corrected chi connectivity index (χ0v) is 16.3. The monoisotopic (exact) mass is 388 g/mol. The molecule has 2 heterocycles. The van der Waals surface area contributed by atoms with Crippen LogP contribution in [0.2, 0.25) is 0 Å². The number of hydrogen-bond donors (Lipinski definition) is 2. The third kappa shape index (κ3) is 2.34. The molecule has 2 aromatic heterocycles. The molecule has 0 fully saturated rings. The second-order valence-electron chi connectivity index (χ2n) is 7.84. The van der Waals surface area contributed by atoms with Crippen molar-refractivity contribution in [2.24, 2.45) is 0 Å². The van der Waals surface area contributed by atoms with Gasteiger partial charge in [0.05, 0.1) is 28.1 Å². The van der Waals surface area contributed by atoms with Crippen LogP contribution in [0.5, 0.6) is 0 Å². The van der Waals surface area contributed by atoms with E-state index in [1.54, 1.807) is 0 Å². The molecule has 1 aliphatic carbocycles. The molecule has 5 aromatic rings. The molecule has 1 aliphatic rings. The Hall–Kier alpha value is -3.92. The Morgan fingerprint density at radius 3 is 2.00 bits per heavy atom. The summed E-state index contributed by atoms with van der Waals surface area (Å²) in [6, 6.07) is 26.5. The first-order valence-electron chi connectivity index (χ1n) is 10.1. The van der Waals surface area contributed by atoms with Gasteiger partial charge in [-0.15, -0.1) is 0 Å². The maximum atomic E-state index is 6.79. The van der Waals surface area contributed by atoms with Gasteiger partial charge in [0.2, 0.25) is 0 Å². The van der Waals surface area contributed by atoms with Crippen LogP contribution >= 0.6 is 0 Å². The average Bonchev–Trinajstić information content (AvgIpc) is 2.79. The second kappa shape index (κ2) is 6.29. The quantitative estimate of drug-likeness (QED) is 0.408. The number of nitrogens with zero attached hydrogens (tertiary/aromatic N) is 2. The summed E-state index contributed by atoms with van der Waals surface area (Å²) in [5, 5.41) is 1.93. The summed E-state index contributed by atoms with van der Waals surface area (Å²) in [6.45, 7) is 0. The van der Waals surface area contributed by atoms with Gasteiger partial charge in [-0.3, -0.25) is 4.98 Å². The Bertz CT molecular complexity index is 1440. The standard InChI is InChI=1S/C26H20N4/c27-24-17-11-5-7-13-20(17)30-26-22(24)18(15-8-2-1-3-9-15)14-21-23(26)25(28)16-10-4-6-12-19(16)29-21/h1-13,18H,14H2,(H2,27,30)(H2,28,29). The van der Waals surface area contributed by atoms with Crippen LogP contribution in [-0.4, -0.2) is 9.97 Å². The zero-order chi connectivity index (χ0) is 20.2. The number of nitrogens with two attached hydrogens (primary N) is 2. The van der Waals surface area contributed by atoms with E-state index in [2.05, 4.69) is 24.3 Å². The van der Waals surface area contributed by atoms with Gasteiger partial charge in [-0.05, 0) is 17.7 Å². The van der Waals surface area contributed by atoms with E-state index in [0.717, 1.165) is 62.1 Å². The molecular weight excluding hydrogens is 368 g/mol. The van der Waals surface area contributed by atoms with E-state index in [9.17, 15) is 0 Å². The van der Waals surface area contributed by atoms with Crippen molar-refractivity contribution in [2.45, 2.75) is 12.3 Å². The number of benzene rings is 3. The lowest BCUT2D eigenvalue weighted by molar-refractivity contribution is 0.773. The van der Waals surface area contributed by atoms with Crippen molar-refractivity contribution < 1.29 is 0 Å². The van der Waals surface area contributed by atoms with E-state index in [1.807, 2.05) is 54.6 Å². The van der Waals surface area contributed by atoms with Crippen LogP contribution in [0.25, 0.3) is 33.1 Å². The van der Waals surface area contributed by atoms with Gasteiger partial charge in [-0.2, -0.15) is 0 Å². The molecule has 0 saturated carbocycles. The maximum absolute atomic E-state index is 6.79. The first-order chi connectivity index (χ1) is 14.7. The molecule has 6 rings (SSSR count). The third-order valence-corrected chi connectivity index (χ3v) is 6.16. The molecule has 1 atom stereocenters. The highest BCUT2D eigenvalue weighted by molar-refractivity contribution is 6.03. The highest BCUT2D eigenvalue weighted by atomic mass is 14.8. The van der Waals surface area contributed by atoms with Crippen molar-refractivity contribution in [3.63, 3.8) is 0 Å². The minimum atomic E-state index is 0.0823. The van der Waals surface area contributed by atoms with Crippen molar-refractivity contribution in [1.82, 2.24) is 9.97 Å². The summed E-state index contributed by atoms with van der Waals surface area (Å²) in [7, 11) is 0. The number of rotatable bonds is 1. The van der Waals surface area contributed by atoms with Crippen molar-refractivity contribution in [2.75, 3.05) is 11.5 Å². The molecule has 0 bridgehead atoms. The summed E-state index contributed by atoms with van der Waals surface area (Å²) in [4.78, 5) is 10.1. The van der Waals surface area contributed by atoms with Crippen molar-refractivity contribution in [1.29, 1.82) is 0 Å². The second-order valence-corrected chi connectivity index (χ2v) is 7.84. The molecule has 0 amide bonds. The molecule has 0 radical (unpaired) electrons. The lowest BCUT2D eigenvalue weighted by Gasteiger charge is -2.30. The van der Waals surface area contributed by atoms with Crippen LogP contribution in [0.1, 0.15) is 22.7 Å². The molecule has 4 heteroatoms. The molecule has 3 aromatic carbocycles. The molecule has 0 spiro atoms. The molecule has 1 unspecified atom stereocenters. The molecule has 0 aliphatic heterocycles. The molecule has 4 N–H and O–H groups in total. The molecule has 144 valence electrons. The SMILES string of the molecule is Nc1c2c(nc3ccccc13)CC(c1ccccc1)c1c-2nc2ccccc2c1N. The van der Waals surface area contributed by atoms with E-state index in [-0.39, 0.29) is 5.92 Å². The van der Waals surface area contributed by atoms with Crippen molar-refractivity contribution >= 4 is 33.2 Å². The van der Waals surface area contributed by atoms with Gasteiger partial charge in [0.25, 0.3) is 0 Å². The first-order valence-corrected chi connectivity index (χ1v) is 10.1. The van der Waals surface area contributed by atoms with E-state index in [0.29, 0.717) is 0 Å². The first kappa shape index (κ1) is 17.0. The van der Waals surface area contributed by atoms with Crippen LogP contribution < -0.4 is 11.5 Å². The minimum Gasteiger partial charge on any atom is -0.398 e. The van der Waals surface area contributed by atoms with Gasteiger partial charge in [-0.1, -0.05) is 66.7 Å². The predicted octanol–water partition coefficient (Wildman–Crippen LogP) is 5.30. The highest BCUT2D eigenvalue weighted by Crippen LogP contribution is 2.48. The fourth-order valence-corrected chi connectivity index (χ4v) is 4.76. The van der Waals surface area contributed by atoms with Gasteiger partial charge >= 0.3 is 0 Å². The van der Waals surface area contributed by atoms with Crippen LogP contribution in [0.15, 0.2) is 78.9 Å². The normalized spacial score (nSPS) is 15.1. The number of fused-ring (bicyclic) bond motifs is 5. The Balaban J connectivity index is 1.75. The van der Waals surface area contributed by atoms with E-state index >= 15 is 0 Å². The van der Waals surface area contributed by atoms with E-state index in [4.69, 9.17) is 21.4 Å². The number of aromatic nitrogens is 2. The Kier molecular flexibility index (Phi) is 3.56. The largest absolute Gasteiger partial charge is 0.398 e. The Labute approximate surface area is 174 Å². The zero-order valence-electron chi connectivity index (χ0n) is 16.3. The van der Waals surface area contributed by atoms with Crippen LogP contribution in [-0.2, 0) is 6.42 Å². The van der Waals surface area contributed by atoms with Crippen LogP contribution in [0.4, 0.5) is 11.4 Å². The third-order valence-electron chi connectivity index (χ3n) is 6.16. The van der Waals surface area contributed by atoms with Gasteiger partial charge in [0, 0.05) is 39.9 Å². The van der Waals surface area contributed by atoms with Gasteiger partial charge in [-0.25, -0.2) is 4.98 Å². The molecule has 30 heavy (non-hydrogen) atoms.